The van der Waals surface area contributed by atoms with Gasteiger partial charge in [-0.05, 0) is 42.2 Å². The molecule has 0 N–H and O–H groups in total. The average Bonchev–Trinajstić information content (AvgIpc) is 2.32. The van der Waals surface area contributed by atoms with E-state index in [2.05, 4.69) is 0 Å². The Morgan fingerprint density at radius 2 is 1.61 bits per heavy atom. The van der Waals surface area contributed by atoms with Gasteiger partial charge in [0.1, 0.15) is 0 Å². The third-order valence-corrected chi connectivity index (χ3v) is 4.45. The largest absolute Gasteiger partial charge is 0.0827 e. The molecular formula is C14H10Cl4. The zero-order valence-corrected chi connectivity index (χ0v) is 12.6. The van der Waals surface area contributed by atoms with Crippen LogP contribution in [0.15, 0.2) is 30.3 Å². The molecule has 0 saturated heterocycles. The van der Waals surface area contributed by atoms with Crippen LogP contribution in [0.1, 0.15) is 16.7 Å². The van der Waals surface area contributed by atoms with Gasteiger partial charge in [0.15, 0.2) is 0 Å². The molecule has 18 heavy (non-hydrogen) atoms. The highest BCUT2D eigenvalue weighted by Gasteiger charge is 2.08. The molecule has 0 atom stereocenters. The Morgan fingerprint density at radius 3 is 2.28 bits per heavy atom. The van der Waals surface area contributed by atoms with Gasteiger partial charge in [-0.3, -0.25) is 0 Å². The van der Waals surface area contributed by atoms with E-state index in [-0.39, 0.29) is 0 Å². The number of halogens is 4. The summed E-state index contributed by atoms with van der Waals surface area (Å²) in [5, 5.41) is 2.30. The molecule has 0 bridgehead atoms. The highest BCUT2D eigenvalue weighted by atomic mass is 35.5. The highest BCUT2D eigenvalue weighted by molar-refractivity contribution is 6.43. The summed E-state index contributed by atoms with van der Waals surface area (Å²) in [7, 11) is 0. The zero-order valence-electron chi connectivity index (χ0n) is 9.61. The Kier molecular flexibility index (Phi) is 4.45. The molecule has 0 saturated carbocycles. The van der Waals surface area contributed by atoms with E-state index in [1.54, 1.807) is 6.07 Å². The Labute approximate surface area is 126 Å². The van der Waals surface area contributed by atoms with Gasteiger partial charge in [-0.25, -0.2) is 0 Å². The lowest BCUT2D eigenvalue weighted by Crippen LogP contribution is -1.92. The van der Waals surface area contributed by atoms with Gasteiger partial charge in [-0.15, -0.1) is 0 Å². The molecule has 94 valence electrons. The number of hydrogen-bond acceptors (Lipinski definition) is 0. The van der Waals surface area contributed by atoms with Gasteiger partial charge in [0.2, 0.25) is 0 Å². The van der Waals surface area contributed by atoms with Gasteiger partial charge in [0.05, 0.1) is 20.1 Å². The van der Waals surface area contributed by atoms with Crippen molar-refractivity contribution in [1.29, 1.82) is 0 Å². The number of rotatable bonds is 2. The molecule has 2 aromatic carbocycles. The van der Waals surface area contributed by atoms with Crippen LogP contribution in [0.3, 0.4) is 0 Å². The Morgan fingerprint density at radius 1 is 0.889 bits per heavy atom. The van der Waals surface area contributed by atoms with Crippen molar-refractivity contribution >= 4 is 46.4 Å². The van der Waals surface area contributed by atoms with Crippen molar-refractivity contribution in [3.63, 3.8) is 0 Å². The van der Waals surface area contributed by atoms with Gasteiger partial charge in [-0.2, -0.15) is 0 Å². The number of aryl methyl sites for hydroxylation is 1. The van der Waals surface area contributed by atoms with Crippen molar-refractivity contribution in [2.24, 2.45) is 0 Å². The summed E-state index contributed by atoms with van der Waals surface area (Å²) in [6.07, 6.45) is 0.678. The molecule has 0 aliphatic rings. The Bertz CT molecular complexity index is 567. The molecule has 0 aliphatic carbocycles. The fourth-order valence-electron chi connectivity index (χ4n) is 1.80. The molecular weight excluding hydrogens is 310 g/mol. The van der Waals surface area contributed by atoms with E-state index in [1.807, 2.05) is 31.2 Å². The zero-order chi connectivity index (χ0) is 13.3. The molecule has 0 aliphatic heterocycles. The molecule has 2 aromatic rings. The lowest BCUT2D eigenvalue weighted by Gasteiger charge is -2.09. The molecule has 0 heterocycles. The van der Waals surface area contributed by atoms with E-state index in [1.165, 1.54) is 0 Å². The van der Waals surface area contributed by atoms with Crippen LogP contribution < -0.4 is 0 Å². The second kappa shape index (κ2) is 5.71. The Balaban J connectivity index is 2.37. The fraction of sp³-hybridized carbons (Fsp3) is 0.143. The molecule has 0 fully saturated rings. The lowest BCUT2D eigenvalue weighted by atomic mass is 10.0. The van der Waals surface area contributed by atoms with Crippen LogP contribution in [0, 0.1) is 6.92 Å². The van der Waals surface area contributed by atoms with Gasteiger partial charge in [0.25, 0.3) is 0 Å². The van der Waals surface area contributed by atoms with Crippen molar-refractivity contribution < 1.29 is 0 Å². The minimum atomic E-state index is 0.560. The van der Waals surface area contributed by atoms with Crippen molar-refractivity contribution in [1.82, 2.24) is 0 Å². The number of hydrogen-bond donors (Lipinski definition) is 0. The summed E-state index contributed by atoms with van der Waals surface area (Å²) >= 11 is 24.2. The molecule has 4 heteroatoms. The lowest BCUT2D eigenvalue weighted by molar-refractivity contribution is 1.18. The summed E-state index contributed by atoms with van der Waals surface area (Å²) in [4.78, 5) is 0. The van der Waals surface area contributed by atoms with E-state index in [0.717, 1.165) is 16.7 Å². The van der Waals surface area contributed by atoms with Gasteiger partial charge in [0, 0.05) is 0 Å². The van der Waals surface area contributed by atoms with Crippen LogP contribution >= 0.6 is 46.4 Å². The quantitative estimate of drug-likeness (QED) is 0.618. The third-order valence-electron chi connectivity index (χ3n) is 2.70. The summed E-state index contributed by atoms with van der Waals surface area (Å²) in [5.41, 5.74) is 2.99. The topological polar surface area (TPSA) is 0 Å². The van der Waals surface area contributed by atoms with Crippen molar-refractivity contribution in [3.8, 4) is 0 Å². The summed E-state index contributed by atoms with van der Waals surface area (Å²) in [6, 6.07) is 9.47. The standard InChI is InChI=1S/C14H10Cl4/c1-8-5-9(7-12(16)13(8)17)6-10-3-2-4-11(15)14(10)18/h2-5,7H,6H2,1H3. The molecule has 0 amide bonds. The summed E-state index contributed by atoms with van der Waals surface area (Å²) in [6.45, 7) is 1.93. The predicted octanol–water partition coefficient (Wildman–Crippen LogP) is 6.20. The molecule has 0 unspecified atom stereocenters. The molecule has 0 nitrogen and oxygen atoms in total. The van der Waals surface area contributed by atoms with Crippen molar-refractivity contribution in [3.05, 3.63) is 67.1 Å². The first-order valence-electron chi connectivity index (χ1n) is 5.36. The maximum atomic E-state index is 6.16. The average molecular weight is 320 g/mol. The van der Waals surface area contributed by atoms with E-state index < -0.39 is 0 Å². The van der Waals surface area contributed by atoms with Gasteiger partial charge < -0.3 is 0 Å². The molecule has 0 spiro atoms. The first-order chi connectivity index (χ1) is 8.49. The monoisotopic (exact) mass is 318 g/mol. The van der Waals surface area contributed by atoms with Crippen LogP contribution in [-0.2, 0) is 6.42 Å². The second-order valence-electron chi connectivity index (χ2n) is 4.10. The van der Waals surface area contributed by atoms with E-state index in [4.69, 9.17) is 46.4 Å². The number of benzene rings is 2. The minimum Gasteiger partial charge on any atom is -0.0827 e. The molecule has 0 radical (unpaired) electrons. The SMILES string of the molecule is Cc1cc(Cc2cccc(Cl)c2Cl)cc(Cl)c1Cl. The summed E-state index contributed by atoms with van der Waals surface area (Å²) in [5.74, 6) is 0. The molecule has 0 aromatic heterocycles. The first kappa shape index (κ1) is 14.0. The third kappa shape index (κ3) is 2.95. The van der Waals surface area contributed by atoms with E-state index >= 15 is 0 Å². The Hall–Kier alpha value is -0.400. The maximum absolute atomic E-state index is 6.16. The molecule has 2 rings (SSSR count). The first-order valence-corrected chi connectivity index (χ1v) is 6.87. The van der Waals surface area contributed by atoms with Crippen molar-refractivity contribution in [2.45, 2.75) is 13.3 Å². The summed E-state index contributed by atoms with van der Waals surface area (Å²) < 4.78 is 0. The smallest absolute Gasteiger partial charge is 0.0627 e. The fourth-order valence-corrected chi connectivity index (χ4v) is 2.59. The van der Waals surface area contributed by atoms with Crippen LogP contribution in [-0.4, -0.2) is 0 Å². The second-order valence-corrected chi connectivity index (χ2v) is 5.67. The van der Waals surface area contributed by atoms with Crippen LogP contribution in [0.5, 0.6) is 0 Å². The van der Waals surface area contributed by atoms with Crippen LogP contribution in [0.2, 0.25) is 20.1 Å². The van der Waals surface area contributed by atoms with Gasteiger partial charge in [-0.1, -0.05) is 64.6 Å². The minimum absolute atomic E-state index is 0.560. The van der Waals surface area contributed by atoms with Crippen molar-refractivity contribution in [2.75, 3.05) is 0 Å². The normalized spacial score (nSPS) is 10.7. The van der Waals surface area contributed by atoms with E-state index in [9.17, 15) is 0 Å². The predicted molar refractivity (Wildman–Crippen MR) is 80.5 cm³/mol. The van der Waals surface area contributed by atoms with E-state index in [0.29, 0.717) is 26.5 Å². The van der Waals surface area contributed by atoms with Crippen LogP contribution in [0.25, 0.3) is 0 Å². The van der Waals surface area contributed by atoms with Gasteiger partial charge >= 0.3 is 0 Å². The highest BCUT2D eigenvalue weighted by Crippen LogP contribution is 2.31. The maximum Gasteiger partial charge on any atom is 0.0627 e. The van der Waals surface area contributed by atoms with Crippen LogP contribution in [0.4, 0.5) is 0 Å².